The van der Waals surface area contributed by atoms with Gasteiger partial charge in [-0.05, 0) is 56.5 Å². The molecule has 21 heavy (non-hydrogen) atoms. The Labute approximate surface area is 129 Å². The highest BCUT2D eigenvalue weighted by molar-refractivity contribution is 5.09. The lowest BCUT2D eigenvalue weighted by Gasteiger charge is -2.42. The van der Waals surface area contributed by atoms with E-state index in [-0.39, 0.29) is 0 Å². The molecule has 1 heterocycles. The largest absolute Gasteiger partial charge is 0.319 e. The van der Waals surface area contributed by atoms with Crippen molar-refractivity contribution < 1.29 is 0 Å². The monoisotopic (exact) mass is 292 g/mol. The summed E-state index contributed by atoms with van der Waals surface area (Å²) in [4.78, 5) is 0. The van der Waals surface area contributed by atoms with Crippen LogP contribution in [-0.2, 0) is 6.54 Å². The number of rotatable bonds is 5. The normalized spacial score (nSPS) is 27.0. The first-order valence-electron chi connectivity index (χ1n) is 8.50. The predicted octanol–water partition coefficient (Wildman–Crippen LogP) is 3.45. The second-order valence-electron chi connectivity index (χ2n) is 7.68. The Balaban J connectivity index is 2.23. The SMILES string of the molecule is CCCn1nncc1C1CC(C(C)(C)C)CCC1CNC. The molecule has 0 bridgehead atoms. The molecular weight excluding hydrogens is 260 g/mol. The van der Waals surface area contributed by atoms with Crippen molar-refractivity contribution in [3.63, 3.8) is 0 Å². The minimum Gasteiger partial charge on any atom is -0.319 e. The zero-order valence-corrected chi connectivity index (χ0v) is 14.4. The fourth-order valence-corrected chi connectivity index (χ4v) is 3.83. The highest BCUT2D eigenvalue weighted by Crippen LogP contribution is 2.46. The van der Waals surface area contributed by atoms with Crippen LogP contribution in [0.15, 0.2) is 6.20 Å². The minimum absolute atomic E-state index is 0.395. The van der Waals surface area contributed by atoms with E-state index in [1.165, 1.54) is 25.0 Å². The number of aromatic nitrogens is 3. The van der Waals surface area contributed by atoms with E-state index < -0.39 is 0 Å². The summed E-state index contributed by atoms with van der Waals surface area (Å²) in [5.41, 5.74) is 1.75. The lowest BCUT2D eigenvalue weighted by Crippen LogP contribution is -2.35. The molecule has 0 amide bonds. The average Bonchev–Trinajstić information content (AvgIpc) is 2.87. The van der Waals surface area contributed by atoms with E-state index in [0.29, 0.717) is 17.3 Å². The van der Waals surface area contributed by atoms with Gasteiger partial charge < -0.3 is 5.32 Å². The summed E-state index contributed by atoms with van der Waals surface area (Å²) < 4.78 is 2.14. The fraction of sp³-hybridized carbons (Fsp3) is 0.882. The van der Waals surface area contributed by atoms with Crippen molar-refractivity contribution in [1.29, 1.82) is 0 Å². The highest BCUT2D eigenvalue weighted by Gasteiger charge is 2.37. The molecule has 4 heteroatoms. The van der Waals surface area contributed by atoms with Crippen molar-refractivity contribution in [1.82, 2.24) is 20.3 Å². The zero-order chi connectivity index (χ0) is 15.5. The molecule has 2 rings (SSSR count). The van der Waals surface area contributed by atoms with Gasteiger partial charge in [0.1, 0.15) is 0 Å². The number of nitrogens with one attached hydrogen (secondary N) is 1. The Morgan fingerprint density at radius 3 is 2.71 bits per heavy atom. The van der Waals surface area contributed by atoms with Crippen LogP contribution in [0.3, 0.4) is 0 Å². The van der Waals surface area contributed by atoms with Gasteiger partial charge in [-0.3, -0.25) is 0 Å². The van der Waals surface area contributed by atoms with Gasteiger partial charge in [-0.1, -0.05) is 32.9 Å². The smallest absolute Gasteiger partial charge is 0.0728 e. The van der Waals surface area contributed by atoms with Crippen molar-refractivity contribution in [3.05, 3.63) is 11.9 Å². The summed E-state index contributed by atoms with van der Waals surface area (Å²) in [6, 6.07) is 0. The molecule has 3 unspecified atom stereocenters. The second kappa shape index (κ2) is 6.91. The minimum atomic E-state index is 0.395. The van der Waals surface area contributed by atoms with Crippen LogP contribution in [0.25, 0.3) is 0 Å². The summed E-state index contributed by atoms with van der Waals surface area (Å²) in [6.07, 6.45) is 7.05. The van der Waals surface area contributed by atoms with Gasteiger partial charge in [0.2, 0.25) is 0 Å². The first kappa shape index (κ1) is 16.5. The molecule has 0 spiro atoms. The van der Waals surface area contributed by atoms with Crippen molar-refractivity contribution >= 4 is 0 Å². The molecule has 1 fully saturated rings. The first-order chi connectivity index (χ1) is 9.97. The number of hydrogen-bond acceptors (Lipinski definition) is 3. The van der Waals surface area contributed by atoms with Gasteiger partial charge in [0, 0.05) is 12.5 Å². The van der Waals surface area contributed by atoms with Gasteiger partial charge in [-0.15, -0.1) is 5.10 Å². The van der Waals surface area contributed by atoms with Gasteiger partial charge in [-0.25, -0.2) is 4.68 Å². The molecule has 1 N–H and O–H groups in total. The van der Waals surface area contributed by atoms with Gasteiger partial charge >= 0.3 is 0 Å². The van der Waals surface area contributed by atoms with Crippen molar-refractivity contribution in [2.75, 3.05) is 13.6 Å². The van der Waals surface area contributed by atoms with Crippen LogP contribution >= 0.6 is 0 Å². The summed E-state index contributed by atoms with van der Waals surface area (Å²) >= 11 is 0. The van der Waals surface area contributed by atoms with E-state index in [0.717, 1.165) is 25.4 Å². The standard InChI is InChI=1S/C17H32N4/c1-6-9-21-16(12-19-20-21)15-10-14(17(2,3)4)8-7-13(15)11-18-5/h12-15,18H,6-11H2,1-5H3. The molecule has 120 valence electrons. The third-order valence-corrected chi connectivity index (χ3v) is 5.15. The van der Waals surface area contributed by atoms with Crippen LogP contribution in [0.1, 0.15) is 65.0 Å². The maximum atomic E-state index is 4.31. The van der Waals surface area contributed by atoms with E-state index in [1.54, 1.807) is 0 Å². The van der Waals surface area contributed by atoms with Crippen LogP contribution in [-0.4, -0.2) is 28.6 Å². The van der Waals surface area contributed by atoms with Crippen LogP contribution in [0, 0.1) is 17.3 Å². The fourth-order valence-electron chi connectivity index (χ4n) is 3.83. The molecule has 0 saturated heterocycles. The van der Waals surface area contributed by atoms with E-state index >= 15 is 0 Å². The van der Waals surface area contributed by atoms with Gasteiger partial charge in [-0.2, -0.15) is 0 Å². The first-order valence-corrected chi connectivity index (χ1v) is 8.50. The van der Waals surface area contributed by atoms with Gasteiger partial charge in [0.05, 0.1) is 11.9 Å². The quantitative estimate of drug-likeness (QED) is 0.904. The number of aryl methyl sites for hydroxylation is 1. The molecule has 1 aromatic heterocycles. The van der Waals surface area contributed by atoms with Crippen LogP contribution in [0.4, 0.5) is 0 Å². The predicted molar refractivity (Wildman–Crippen MR) is 87.3 cm³/mol. The molecule has 1 aliphatic carbocycles. The molecule has 0 radical (unpaired) electrons. The summed E-state index contributed by atoms with van der Waals surface area (Å²) in [5, 5.41) is 11.9. The third kappa shape index (κ3) is 3.85. The summed E-state index contributed by atoms with van der Waals surface area (Å²) in [5.74, 6) is 2.10. The molecule has 4 nitrogen and oxygen atoms in total. The van der Waals surface area contributed by atoms with Crippen molar-refractivity contribution in [2.24, 2.45) is 17.3 Å². The Bertz CT molecular complexity index is 432. The van der Waals surface area contributed by atoms with Crippen LogP contribution in [0.5, 0.6) is 0 Å². The summed E-state index contributed by atoms with van der Waals surface area (Å²) in [7, 11) is 2.06. The van der Waals surface area contributed by atoms with E-state index in [2.05, 4.69) is 55.1 Å². The lowest BCUT2D eigenvalue weighted by molar-refractivity contribution is 0.127. The topological polar surface area (TPSA) is 42.7 Å². The molecule has 1 saturated carbocycles. The Morgan fingerprint density at radius 2 is 2.10 bits per heavy atom. The molecule has 3 atom stereocenters. The van der Waals surface area contributed by atoms with Gasteiger partial charge in [0.25, 0.3) is 0 Å². The van der Waals surface area contributed by atoms with E-state index in [4.69, 9.17) is 0 Å². The molecule has 0 aliphatic heterocycles. The third-order valence-electron chi connectivity index (χ3n) is 5.15. The van der Waals surface area contributed by atoms with Gasteiger partial charge in [0.15, 0.2) is 0 Å². The zero-order valence-electron chi connectivity index (χ0n) is 14.4. The second-order valence-corrected chi connectivity index (χ2v) is 7.68. The highest BCUT2D eigenvalue weighted by atomic mass is 15.4. The van der Waals surface area contributed by atoms with Crippen LogP contribution < -0.4 is 5.32 Å². The Kier molecular flexibility index (Phi) is 5.42. The Morgan fingerprint density at radius 1 is 1.33 bits per heavy atom. The maximum Gasteiger partial charge on any atom is 0.0728 e. The number of nitrogens with zero attached hydrogens (tertiary/aromatic N) is 3. The van der Waals surface area contributed by atoms with Crippen molar-refractivity contribution in [3.8, 4) is 0 Å². The molecule has 1 aliphatic rings. The van der Waals surface area contributed by atoms with E-state index in [9.17, 15) is 0 Å². The molecule has 0 aromatic carbocycles. The summed E-state index contributed by atoms with van der Waals surface area (Å²) in [6.45, 7) is 11.4. The van der Waals surface area contributed by atoms with Crippen molar-refractivity contribution in [2.45, 2.75) is 65.8 Å². The van der Waals surface area contributed by atoms with E-state index in [1.807, 2.05) is 6.20 Å². The molecule has 1 aromatic rings. The maximum absolute atomic E-state index is 4.31. The Hall–Kier alpha value is -0.900. The molecular formula is C17H32N4. The van der Waals surface area contributed by atoms with Crippen LogP contribution in [0.2, 0.25) is 0 Å². The average molecular weight is 292 g/mol. The number of hydrogen-bond donors (Lipinski definition) is 1. The lowest BCUT2D eigenvalue weighted by atomic mass is 9.65.